The molecule has 0 aromatic carbocycles. The van der Waals surface area contributed by atoms with E-state index in [4.69, 9.17) is 16.3 Å². The first-order chi connectivity index (χ1) is 6.03. The van der Waals surface area contributed by atoms with Crippen molar-refractivity contribution in [2.45, 2.75) is 32.8 Å². The molecule has 1 rings (SSSR count). The number of ether oxygens (including phenoxy) is 1. The van der Waals surface area contributed by atoms with Gasteiger partial charge in [0, 0.05) is 0 Å². The largest absolute Gasteiger partial charge is 0.470 e. The third-order valence-electron chi connectivity index (χ3n) is 1.74. The molecule has 72 valence electrons. The minimum Gasteiger partial charge on any atom is -0.470 e. The lowest BCUT2D eigenvalue weighted by Gasteiger charge is -2.23. The fourth-order valence-corrected chi connectivity index (χ4v) is 0.799. The second kappa shape index (κ2) is 3.87. The van der Waals surface area contributed by atoms with Gasteiger partial charge in [-0.25, -0.2) is 0 Å². The zero-order valence-electron chi connectivity index (χ0n) is 7.91. The Hall–Kier alpha value is -0.900. The normalized spacial score (nSPS) is 11.4. The average molecular weight is 202 g/mol. The summed E-state index contributed by atoms with van der Waals surface area (Å²) in [7, 11) is 0. The van der Waals surface area contributed by atoms with E-state index in [1.54, 1.807) is 0 Å². The Kier molecular flexibility index (Phi) is 3.03. The van der Waals surface area contributed by atoms with Gasteiger partial charge in [0.2, 0.25) is 11.2 Å². The van der Waals surface area contributed by atoms with Crippen LogP contribution in [0.25, 0.3) is 0 Å². The number of nitrogens with zero attached hydrogens (tertiary/aromatic N) is 3. The van der Waals surface area contributed by atoms with E-state index in [-0.39, 0.29) is 10.9 Å². The van der Waals surface area contributed by atoms with E-state index in [2.05, 4.69) is 15.2 Å². The highest BCUT2D eigenvalue weighted by Crippen LogP contribution is 2.18. The molecule has 1 aromatic rings. The van der Waals surface area contributed by atoms with Crippen LogP contribution in [0, 0.1) is 0 Å². The van der Waals surface area contributed by atoms with Crippen LogP contribution in [-0.2, 0) is 0 Å². The van der Waals surface area contributed by atoms with Gasteiger partial charge in [-0.3, -0.25) is 0 Å². The summed E-state index contributed by atoms with van der Waals surface area (Å²) in [5.41, 5.74) is -0.251. The van der Waals surface area contributed by atoms with Gasteiger partial charge < -0.3 is 4.74 Å². The Balaban J connectivity index is 2.74. The van der Waals surface area contributed by atoms with Crippen LogP contribution in [0.1, 0.15) is 27.2 Å². The maximum Gasteiger partial charge on any atom is 0.246 e. The Labute approximate surface area is 82.3 Å². The molecule has 0 unspecified atom stereocenters. The highest BCUT2D eigenvalue weighted by molar-refractivity contribution is 6.28. The standard InChI is InChI=1S/C8H12ClN3O/c1-4-8(2,3)13-6-5-10-12-7(9)11-6/h5H,4H2,1-3H3. The number of rotatable bonds is 3. The molecule has 0 aliphatic heterocycles. The summed E-state index contributed by atoms with van der Waals surface area (Å²) in [6.45, 7) is 5.99. The van der Waals surface area contributed by atoms with Crippen molar-refractivity contribution in [2.24, 2.45) is 0 Å². The van der Waals surface area contributed by atoms with E-state index in [1.807, 2.05) is 20.8 Å². The minimum atomic E-state index is -0.251. The molecule has 0 saturated carbocycles. The zero-order valence-corrected chi connectivity index (χ0v) is 8.67. The first-order valence-corrected chi connectivity index (χ1v) is 4.45. The monoisotopic (exact) mass is 201 g/mol. The molecule has 0 radical (unpaired) electrons. The van der Waals surface area contributed by atoms with Crippen LogP contribution in [0.15, 0.2) is 6.20 Å². The van der Waals surface area contributed by atoms with Gasteiger partial charge in [-0.15, -0.1) is 5.10 Å². The minimum absolute atomic E-state index is 0.101. The quantitative estimate of drug-likeness (QED) is 0.752. The van der Waals surface area contributed by atoms with Gasteiger partial charge in [0.15, 0.2) is 0 Å². The SMILES string of the molecule is CCC(C)(C)Oc1cnnc(Cl)n1. The Morgan fingerprint density at radius 3 is 2.77 bits per heavy atom. The zero-order chi connectivity index (χ0) is 9.90. The molecule has 0 aliphatic carbocycles. The predicted octanol–water partition coefficient (Wildman–Crippen LogP) is 2.09. The summed E-state index contributed by atoms with van der Waals surface area (Å²) in [4.78, 5) is 3.88. The Morgan fingerprint density at radius 1 is 1.54 bits per heavy atom. The molecule has 0 bridgehead atoms. The van der Waals surface area contributed by atoms with Gasteiger partial charge in [0.1, 0.15) is 11.8 Å². The molecule has 0 spiro atoms. The molecule has 13 heavy (non-hydrogen) atoms. The fourth-order valence-electron chi connectivity index (χ4n) is 0.672. The van der Waals surface area contributed by atoms with Crippen LogP contribution in [-0.4, -0.2) is 20.8 Å². The molecule has 0 saturated heterocycles. The Bertz CT molecular complexity index is 290. The first kappa shape index (κ1) is 10.2. The highest BCUT2D eigenvalue weighted by Gasteiger charge is 2.17. The number of halogens is 1. The van der Waals surface area contributed by atoms with Gasteiger partial charge in [0.05, 0.1) is 0 Å². The molecular weight excluding hydrogens is 190 g/mol. The van der Waals surface area contributed by atoms with E-state index in [1.165, 1.54) is 6.20 Å². The fraction of sp³-hybridized carbons (Fsp3) is 0.625. The molecular formula is C8H12ClN3O. The second-order valence-corrected chi connectivity index (χ2v) is 3.62. The molecule has 5 heteroatoms. The van der Waals surface area contributed by atoms with Gasteiger partial charge in [0.25, 0.3) is 0 Å². The summed E-state index contributed by atoms with van der Waals surface area (Å²) < 4.78 is 5.53. The van der Waals surface area contributed by atoms with Gasteiger partial charge in [-0.1, -0.05) is 6.92 Å². The van der Waals surface area contributed by atoms with Gasteiger partial charge in [-0.2, -0.15) is 10.1 Å². The smallest absolute Gasteiger partial charge is 0.246 e. The van der Waals surface area contributed by atoms with Crippen molar-refractivity contribution >= 4 is 11.6 Å². The maximum atomic E-state index is 5.55. The second-order valence-electron chi connectivity index (χ2n) is 3.28. The molecule has 1 aromatic heterocycles. The van der Waals surface area contributed by atoms with E-state index >= 15 is 0 Å². The number of hydrogen-bond acceptors (Lipinski definition) is 4. The van der Waals surface area contributed by atoms with Gasteiger partial charge in [-0.05, 0) is 31.9 Å². The first-order valence-electron chi connectivity index (χ1n) is 4.08. The third kappa shape index (κ3) is 3.14. The van der Waals surface area contributed by atoms with Crippen LogP contribution in [0.4, 0.5) is 0 Å². The molecule has 4 nitrogen and oxygen atoms in total. The topological polar surface area (TPSA) is 47.9 Å². The molecule has 1 heterocycles. The average Bonchev–Trinajstić information content (AvgIpc) is 2.03. The van der Waals surface area contributed by atoms with E-state index in [0.717, 1.165) is 6.42 Å². The lowest BCUT2D eigenvalue weighted by atomic mass is 10.1. The number of aromatic nitrogens is 3. The molecule has 0 atom stereocenters. The third-order valence-corrected chi connectivity index (χ3v) is 1.90. The van der Waals surface area contributed by atoms with Crippen molar-refractivity contribution in [1.82, 2.24) is 15.2 Å². The van der Waals surface area contributed by atoms with E-state index in [9.17, 15) is 0 Å². The van der Waals surface area contributed by atoms with Crippen molar-refractivity contribution in [1.29, 1.82) is 0 Å². The maximum absolute atomic E-state index is 5.55. The van der Waals surface area contributed by atoms with Crippen molar-refractivity contribution in [3.8, 4) is 5.88 Å². The molecule has 0 fully saturated rings. The van der Waals surface area contributed by atoms with Crippen LogP contribution in [0.2, 0.25) is 5.28 Å². The highest BCUT2D eigenvalue weighted by atomic mass is 35.5. The molecule has 0 aliphatic rings. The summed E-state index contributed by atoms with van der Waals surface area (Å²) in [5, 5.41) is 7.25. The van der Waals surface area contributed by atoms with Crippen LogP contribution in [0.5, 0.6) is 5.88 Å². The van der Waals surface area contributed by atoms with Crippen molar-refractivity contribution < 1.29 is 4.74 Å². The van der Waals surface area contributed by atoms with Crippen molar-refractivity contribution in [2.75, 3.05) is 0 Å². The van der Waals surface area contributed by atoms with Gasteiger partial charge >= 0.3 is 0 Å². The summed E-state index contributed by atoms with van der Waals surface area (Å²) in [6.07, 6.45) is 2.33. The summed E-state index contributed by atoms with van der Waals surface area (Å²) >= 11 is 5.55. The molecule has 0 amide bonds. The van der Waals surface area contributed by atoms with Crippen molar-refractivity contribution in [3.63, 3.8) is 0 Å². The van der Waals surface area contributed by atoms with E-state index in [0.29, 0.717) is 5.88 Å². The van der Waals surface area contributed by atoms with Crippen LogP contribution in [0.3, 0.4) is 0 Å². The summed E-state index contributed by atoms with van der Waals surface area (Å²) in [6, 6.07) is 0. The van der Waals surface area contributed by atoms with E-state index < -0.39 is 0 Å². The number of hydrogen-bond donors (Lipinski definition) is 0. The molecule has 0 N–H and O–H groups in total. The van der Waals surface area contributed by atoms with Crippen molar-refractivity contribution in [3.05, 3.63) is 11.5 Å². The van der Waals surface area contributed by atoms with Crippen LogP contribution < -0.4 is 4.74 Å². The lowest BCUT2D eigenvalue weighted by molar-refractivity contribution is 0.0981. The summed E-state index contributed by atoms with van der Waals surface area (Å²) in [5.74, 6) is 0.409. The van der Waals surface area contributed by atoms with Crippen LogP contribution >= 0.6 is 11.6 Å². The predicted molar refractivity (Wildman–Crippen MR) is 49.8 cm³/mol. The Morgan fingerprint density at radius 2 is 2.23 bits per heavy atom. The lowest BCUT2D eigenvalue weighted by Crippen LogP contribution is -2.27.